The minimum absolute atomic E-state index is 0.00732. The Hall–Kier alpha value is -0.970. The third-order valence-corrected chi connectivity index (χ3v) is 3.95. The van der Waals surface area contributed by atoms with Crippen molar-refractivity contribution in [1.82, 2.24) is 15.1 Å². The SMILES string of the molecule is CCSCCC(C)NC(=O)c1c(C)nn(C)c1C. The average Bonchev–Trinajstić information content (AvgIpc) is 2.53. The Bertz CT molecular complexity index is 415. The van der Waals surface area contributed by atoms with E-state index >= 15 is 0 Å². The van der Waals surface area contributed by atoms with Gasteiger partial charge in [-0.3, -0.25) is 9.48 Å². The normalized spacial score (nSPS) is 12.5. The second-order valence-corrected chi connectivity index (χ2v) is 5.92. The highest BCUT2D eigenvalue weighted by atomic mass is 32.2. The zero-order valence-corrected chi connectivity index (χ0v) is 12.7. The molecule has 1 heterocycles. The molecule has 1 atom stereocenters. The van der Waals surface area contributed by atoms with Crippen LogP contribution >= 0.6 is 11.8 Å². The molecular weight excluding hydrogens is 246 g/mol. The summed E-state index contributed by atoms with van der Waals surface area (Å²) in [5, 5.41) is 7.31. The van der Waals surface area contributed by atoms with Gasteiger partial charge in [-0.15, -0.1) is 0 Å². The van der Waals surface area contributed by atoms with Crippen LogP contribution in [-0.2, 0) is 7.05 Å². The van der Waals surface area contributed by atoms with Crippen molar-refractivity contribution in [3.63, 3.8) is 0 Å². The summed E-state index contributed by atoms with van der Waals surface area (Å²) >= 11 is 1.90. The fourth-order valence-electron chi connectivity index (χ4n) is 1.87. The molecule has 1 aromatic heterocycles. The fraction of sp³-hybridized carbons (Fsp3) is 0.692. The standard InChI is InChI=1S/C13H23N3OS/c1-6-18-8-7-9(2)14-13(17)12-10(3)15-16(5)11(12)4/h9H,6-8H2,1-5H3,(H,14,17). The molecule has 1 N–H and O–H groups in total. The Morgan fingerprint density at radius 3 is 2.67 bits per heavy atom. The van der Waals surface area contributed by atoms with E-state index in [-0.39, 0.29) is 11.9 Å². The van der Waals surface area contributed by atoms with Crippen LogP contribution in [-0.4, -0.2) is 33.2 Å². The van der Waals surface area contributed by atoms with Crippen LogP contribution < -0.4 is 5.32 Å². The zero-order valence-electron chi connectivity index (χ0n) is 11.9. The molecule has 0 fully saturated rings. The Balaban J connectivity index is 2.59. The minimum Gasteiger partial charge on any atom is -0.349 e. The molecule has 5 heteroatoms. The molecule has 1 unspecified atom stereocenters. The first kappa shape index (κ1) is 15.1. The molecule has 1 rings (SSSR count). The second-order valence-electron chi connectivity index (χ2n) is 4.53. The Labute approximate surface area is 114 Å². The smallest absolute Gasteiger partial charge is 0.255 e. The first-order valence-corrected chi connectivity index (χ1v) is 7.51. The highest BCUT2D eigenvalue weighted by Crippen LogP contribution is 2.12. The summed E-state index contributed by atoms with van der Waals surface area (Å²) in [5.41, 5.74) is 2.43. The number of thioether (sulfide) groups is 1. The number of hydrogen-bond donors (Lipinski definition) is 1. The van der Waals surface area contributed by atoms with Gasteiger partial charge in [-0.25, -0.2) is 0 Å². The fourth-order valence-corrected chi connectivity index (χ4v) is 2.68. The van der Waals surface area contributed by atoms with Crippen LogP contribution in [0.15, 0.2) is 0 Å². The van der Waals surface area contributed by atoms with E-state index in [0.29, 0.717) is 5.56 Å². The Kier molecular flexibility index (Phi) is 5.72. The van der Waals surface area contributed by atoms with Gasteiger partial charge < -0.3 is 5.32 Å². The van der Waals surface area contributed by atoms with E-state index in [1.165, 1.54) is 0 Å². The predicted molar refractivity (Wildman–Crippen MR) is 77.2 cm³/mol. The molecule has 0 aliphatic carbocycles. The molecule has 0 aromatic carbocycles. The molecule has 1 amide bonds. The molecule has 0 bridgehead atoms. The number of aromatic nitrogens is 2. The van der Waals surface area contributed by atoms with Gasteiger partial charge in [0.2, 0.25) is 0 Å². The van der Waals surface area contributed by atoms with Crippen molar-refractivity contribution in [3.05, 3.63) is 17.0 Å². The van der Waals surface area contributed by atoms with E-state index in [1.54, 1.807) is 4.68 Å². The average molecular weight is 269 g/mol. The summed E-state index contributed by atoms with van der Waals surface area (Å²) in [4.78, 5) is 12.2. The van der Waals surface area contributed by atoms with Gasteiger partial charge in [-0.2, -0.15) is 16.9 Å². The summed E-state index contributed by atoms with van der Waals surface area (Å²) in [6.07, 6.45) is 1.00. The van der Waals surface area contributed by atoms with Gasteiger partial charge in [0.05, 0.1) is 11.3 Å². The van der Waals surface area contributed by atoms with Crippen molar-refractivity contribution in [2.24, 2.45) is 7.05 Å². The van der Waals surface area contributed by atoms with Crippen LogP contribution in [0.4, 0.5) is 0 Å². The molecule has 0 radical (unpaired) electrons. The lowest BCUT2D eigenvalue weighted by Crippen LogP contribution is -2.33. The van der Waals surface area contributed by atoms with Crippen molar-refractivity contribution in [2.75, 3.05) is 11.5 Å². The number of rotatable bonds is 6. The van der Waals surface area contributed by atoms with E-state index in [4.69, 9.17) is 0 Å². The maximum Gasteiger partial charge on any atom is 0.255 e. The van der Waals surface area contributed by atoms with E-state index in [0.717, 1.165) is 29.3 Å². The molecular formula is C13H23N3OS. The van der Waals surface area contributed by atoms with Gasteiger partial charge in [-0.1, -0.05) is 6.92 Å². The van der Waals surface area contributed by atoms with Crippen molar-refractivity contribution in [3.8, 4) is 0 Å². The lowest BCUT2D eigenvalue weighted by molar-refractivity contribution is 0.0938. The molecule has 1 aromatic rings. The summed E-state index contributed by atoms with van der Waals surface area (Å²) in [6.45, 7) is 8.00. The van der Waals surface area contributed by atoms with Crippen molar-refractivity contribution in [2.45, 2.75) is 40.2 Å². The summed E-state index contributed by atoms with van der Waals surface area (Å²) in [6, 6.07) is 0.204. The predicted octanol–water partition coefficient (Wildman–Crippen LogP) is 2.30. The third kappa shape index (κ3) is 3.77. The summed E-state index contributed by atoms with van der Waals surface area (Å²) < 4.78 is 1.75. The lowest BCUT2D eigenvalue weighted by atomic mass is 10.1. The molecule has 0 saturated carbocycles. The van der Waals surface area contributed by atoms with Gasteiger partial charge in [0.1, 0.15) is 0 Å². The van der Waals surface area contributed by atoms with Crippen molar-refractivity contribution >= 4 is 17.7 Å². The first-order chi connectivity index (χ1) is 8.47. The Morgan fingerprint density at radius 2 is 2.17 bits per heavy atom. The number of carbonyl (C=O) groups is 1. The third-order valence-electron chi connectivity index (χ3n) is 3.01. The van der Waals surface area contributed by atoms with Crippen LogP contribution in [0.1, 0.15) is 42.0 Å². The van der Waals surface area contributed by atoms with Gasteiger partial charge in [-0.05, 0) is 38.7 Å². The van der Waals surface area contributed by atoms with E-state index in [1.807, 2.05) is 32.7 Å². The maximum atomic E-state index is 12.2. The maximum absolute atomic E-state index is 12.2. The minimum atomic E-state index is -0.00732. The molecule has 102 valence electrons. The van der Waals surface area contributed by atoms with Crippen LogP contribution in [0, 0.1) is 13.8 Å². The highest BCUT2D eigenvalue weighted by molar-refractivity contribution is 7.99. The van der Waals surface area contributed by atoms with Gasteiger partial charge >= 0.3 is 0 Å². The highest BCUT2D eigenvalue weighted by Gasteiger charge is 2.18. The number of nitrogens with one attached hydrogen (secondary N) is 1. The molecule has 0 aliphatic rings. The number of carbonyl (C=O) groups excluding carboxylic acids is 1. The van der Waals surface area contributed by atoms with Crippen LogP contribution in [0.25, 0.3) is 0 Å². The molecule has 0 saturated heterocycles. The van der Waals surface area contributed by atoms with E-state index in [2.05, 4.69) is 24.3 Å². The molecule has 18 heavy (non-hydrogen) atoms. The molecule has 4 nitrogen and oxygen atoms in total. The topological polar surface area (TPSA) is 46.9 Å². The van der Waals surface area contributed by atoms with E-state index < -0.39 is 0 Å². The Morgan fingerprint density at radius 1 is 1.50 bits per heavy atom. The van der Waals surface area contributed by atoms with Gasteiger partial charge in [0, 0.05) is 18.8 Å². The van der Waals surface area contributed by atoms with Crippen molar-refractivity contribution < 1.29 is 4.79 Å². The van der Waals surface area contributed by atoms with Crippen LogP contribution in [0.2, 0.25) is 0 Å². The molecule has 0 spiro atoms. The monoisotopic (exact) mass is 269 g/mol. The quantitative estimate of drug-likeness (QED) is 0.806. The van der Waals surface area contributed by atoms with Crippen LogP contribution in [0.5, 0.6) is 0 Å². The summed E-state index contributed by atoms with van der Waals surface area (Å²) in [5.74, 6) is 2.21. The van der Waals surface area contributed by atoms with Gasteiger partial charge in [0.25, 0.3) is 5.91 Å². The van der Waals surface area contributed by atoms with Crippen molar-refractivity contribution in [1.29, 1.82) is 0 Å². The lowest BCUT2D eigenvalue weighted by Gasteiger charge is -2.13. The number of nitrogens with zero attached hydrogens (tertiary/aromatic N) is 2. The van der Waals surface area contributed by atoms with E-state index in [9.17, 15) is 4.79 Å². The second kappa shape index (κ2) is 6.83. The number of amides is 1. The van der Waals surface area contributed by atoms with Crippen LogP contribution in [0.3, 0.4) is 0 Å². The zero-order chi connectivity index (χ0) is 13.7. The number of hydrogen-bond acceptors (Lipinski definition) is 3. The summed E-state index contributed by atoms with van der Waals surface area (Å²) in [7, 11) is 1.86. The first-order valence-electron chi connectivity index (χ1n) is 6.36. The van der Waals surface area contributed by atoms with Gasteiger partial charge in [0.15, 0.2) is 0 Å². The molecule has 0 aliphatic heterocycles. The largest absolute Gasteiger partial charge is 0.349 e. The number of aryl methyl sites for hydroxylation is 2.